The Labute approximate surface area is 67.3 Å². The first-order valence-electron chi connectivity index (χ1n) is 4.13. The fourth-order valence-corrected chi connectivity index (χ4v) is 1.21. The van der Waals surface area contributed by atoms with Crippen LogP contribution in [-0.2, 0) is 4.74 Å². The number of nitrogens with one attached hydrogen (secondary N) is 1. The van der Waals surface area contributed by atoms with E-state index in [1.807, 2.05) is 0 Å². The topological polar surface area (TPSA) is 45.0 Å². The lowest BCUT2D eigenvalue weighted by Gasteiger charge is -2.08. The Hall–Kier alpha value is -0.590. The van der Waals surface area contributed by atoms with Crippen LogP contribution in [0.5, 0.6) is 0 Å². The third-order valence-electron chi connectivity index (χ3n) is 1.81. The minimum Gasteiger partial charge on any atom is -0.377 e. The van der Waals surface area contributed by atoms with Gasteiger partial charge in [-0.1, -0.05) is 0 Å². The summed E-state index contributed by atoms with van der Waals surface area (Å²) in [5.74, 6) is 0. The lowest BCUT2D eigenvalue weighted by atomic mass is 10.2. The van der Waals surface area contributed by atoms with Crippen molar-refractivity contribution in [1.82, 2.24) is 5.32 Å². The molecule has 0 aromatic heterocycles. The summed E-state index contributed by atoms with van der Waals surface area (Å²) in [5.41, 5.74) is 0. The van der Waals surface area contributed by atoms with Gasteiger partial charge in [-0.2, -0.15) is 5.26 Å². The molecule has 0 saturated carbocycles. The molecule has 1 aliphatic rings. The zero-order valence-corrected chi connectivity index (χ0v) is 6.68. The highest BCUT2D eigenvalue weighted by atomic mass is 16.5. The fraction of sp³-hybridized carbons (Fsp3) is 0.875. The van der Waals surface area contributed by atoms with Crippen LogP contribution >= 0.6 is 0 Å². The van der Waals surface area contributed by atoms with Crippen LogP contribution in [0.2, 0.25) is 0 Å². The summed E-state index contributed by atoms with van der Waals surface area (Å²) in [7, 11) is 0. The Morgan fingerprint density at radius 2 is 2.55 bits per heavy atom. The van der Waals surface area contributed by atoms with Gasteiger partial charge in [0.25, 0.3) is 0 Å². The van der Waals surface area contributed by atoms with E-state index in [9.17, 15) is 0 Å². The average molecular weight is 154 g/mol. The van der Waals surface area contributed by atoms with E-state index in [1.165, 1.54) is 12.8 Å². The summed E-state index contributed by atoms with van der Waals surface area (Å²) in [4.78, 5) is 0. The SMILES string of the molecule is N#CCCNC[C@@H]1CCCO1. The van der Waals surface area contributed by atoms with E-state index in [4.69, 9.17) is 10.00 Å². The first-order valence-corrected chi connectivity index (χ1v) is 4.13. The van der Waals surface area contributed by atoms with Crippen molar-refractivity contribution in [3.05, 3.63) is 0 Å². The Morgan fingerprint density at radius 1 is 1.64 bits per heavy atom. The lowest BCUT2D eigenvalue weighted by molar-refractivity contribution is 0.110. The molecule has 0 bridgehead atoms. The molecule has 1 fully saturated rings. The molecule has 1 N–H and O–H groups in total. The molecule has 0 aromatic rings. The minimum absolute atomic E-state index is 0.397. The van der Waals surface area contributed by atoms with Gasteiger partial charge >= 0.3 is 0 Å². The average Bonchev–Trinajstić information content (AvgIpc) is 2.50. The van der Waals surface area contributed by atoms with Crippen molar-refractivity contribution in [1.29, 1.82) is 5.26 Å². The van der Waals surface area contributed by atoms with Crippen LogP contribution < -0.4 is 5.32 Å². The number of nitrogens with zero attached hydrogens (tertiary/aromatic N) is 1. The van der Waals surface area contributed by atoms with Crippen molar-refractivity contribution in [2.75, 3.05) is 19.7 Å². The molecule has 1 aliphatic heterocycles. The van der Waals surface area contributed by atoms with Crippen molar-refractivity contribution in [3.63, 3.8) is 0 Å². The van der Waals surface area contributed by atoms with Crippen LogP contribution in [0.4, 0.5) is 0 Å². The normalized spacial score (nSPS) is 23.4. The van der Waals surface area contributed by atoms with E-state index in [2.05, 4.69) is 11.4 Å². The first-order chi connectivity index (χ1) is 5.43. The minimum atomic E-state index is 0.397. The van der Waals surface area contributed by atoms with Gasteiger partial charge in [-0.05, 0) is 12.8 Å². The maximum atomic E-state index is 8.24. The van der Waals surface area contributed by atoms with Crippen molar-refractivity contribution >= 4 is 0 Å². The Balaban J connectivity index is 1.90. The highest BCUT2D eigenvalue weighted by Gasteiger charge is 2.13. The number of ether oxygens (including phenoxy) is 1. The Bertz CT molecular complexity index is 136. The van der Waals surface area contributed by atoms with Crippen molar-refractivity contribution in [2.45, 2.75) is 25.4 Å². The molecule has 1 heterocycles. The highest BCUT2D eigenvalue weighted by molar-refractivity contribution is 4.72. The highest BCUT2D eigenvalue weighted by Crippen LogP contribution is 2.10. The van der Waals surface area contributed by atoms with E-state index in [0.717, 1.165) is 19.7 Å². The lowest BCUT2D eigenvalue weighted by Crippen LogP contribution is -2.26. The summed E-state index contributed by atoms with van der Waals surface area (Å²) in [6.45, 7) is 2.60. The van der Waals surface area contributed by atoms with Gasteiger partial charge in [0.05, 0.1) is 12.2 Å². The second-order valence-electron chi connectivity index (χ2n) is 2.75. The first kappa shape index (κ1) is 8.51. The van der Waals surface area contributed by atoms with E-state index >= 15 is 0 Å². The molecule has 1 rings (SSSR count). The van der Waals surface area contributed by atoms with E-state index < -0.39 is 0 Å². The molecule has 0 aliphatic carbocycles. The number of rotatable bonds is 4. The van der Waals surface area contributed by atoms with Crippen LogP contribution in [0.3, 0.4) is 0 Å². The quantitative estimate of drug-likeness (QED) is 0.605. The summed E-state index contributed by atoms with van der Waals surface area (Å²) in [6, 6.07) is 2.09. The molecule has 3 heteroatoms. The van der Waals surface area contributed by atoms with Gasteiger partial charge in [-0.15, -0.1) is 0 Å². The second-order valence-corrected chi connectivity index (χ2v) is 2.75. The molecular weight excluding hydrogens is 140 g/mol. The van der Waals surface area contributed by atoms with Gasteiger partial charge < -0.3 is 10.1 Å². The Kier molecular flexibility index (Phi) is 3.95. The number of hydrogen-bond donors (Lipinski definition) is 1. The summed E-state index contributed by atoms with van der Waals surface area (Å²) < 4.78 is 5.39. The maximum absolute atomic E-state index is 8.24. The molecule has 3 nitrogen and oxygen atoms in total. The smallest absolute Gasteiger partial charge is 0.0700 e. The molecule has 0 aromatic carbocycles. The fourth-order valence-electron chi connectivity index (χ4n) is 1.21. The summed E-state index contributed by atoms with van der Waals surface area (Å²) in [5, 5.41) is 11.4. The molecule has 1 atom stereocenters. The monoisotopic (exact) mass is 154 g/mol. The number of hydrogen-bond acceptors (Lipinski definition) is 3. The molecule has 0 unspecified atom stereocenters. The van der Waals surface area contributed by atoms with E-state index in [-0.39, 0.29) is 0 Å². The van der Waals surface area contributed by atoms with Crippen LogP contribution in [0.15, 0.2) is 0 Å². The van der Waals surface area contributed by atoms with Gasteiger partial charge in [0, 0.05) is 26.1 Å². The van der Waals surface area contributed by atoms with Crippen molar-refractivity contribution in [3.8, 4) is 6.07 Å². The van der Waals surface area contributed by atoms with Gasteiger partial charge in [-0.3, -0.25) is 0 Å². The van der Waals surface area contributed by atoms with Gasteiger partial charge in [0.1, 0.15) is 0 Å². The van der Waals surface area contributed by atoms with Gasteiger partial charge in [-0.25, -0.2) is 0 Å². The summed E-state index contributed by atoms with van der Waals surface area (Å²) in [6.07, 6.45) is 3.34. The van der Waals surface area contributed by atoms with Crippen molar-refractivity contribution in [2.24, 2.45) is 0 Å². The molecular formula is C8H14N2O. The molecule has 11 heavy (non-hydrogen) atoms. The van der Waals surface area contributed by atoms with Crippen LogP contribution in [0.25, 0.3) is 0 Å². The Morgan fingerprint density at radius 3 is 3.18 bits per heavy atom. The van der Waals surface area contributed by atoms with Crippen LogP contribution in [0.1, 0.15) is 19.3 Å². The third-order valence-corrected chi connectivity index (χ3v) is 1.81. The number of nitriles is 1. The van der Waals surface area contributed by atoms with Crippen molar-refractivity contribution < 1.29 is 4.74 Å². The van der Waals surface area contributed by atoms with Crippen LogP contribution in [-0.4, -0.2) is 25.8 Å². The van der Waals surface area contributed by atoms with Crippen LogP contribution in [0, 0.1) is 11.3 Å². The predicted octanol–water partition coefficient (Wildman–Crippen LogP) is 0.669. The van der Waals surface area contributed by atoms with E-state index in [1.54, 1.807) is 0 Å². The van der Waals surface area contributed by atoms with E-state index in [0.29, 0.717) is 12.5 Å². The molecule has 0 spiro atoms. The summed E-state index contributed by atoms with van der Waals surface area (Å²) >= 11 is 0. The zero-order valence-electron chi connectivity index (χ0n) is 6.68. The van der Waals surface area contributed by atoms with Gasteiger partial charge in [0.2, 0.25) is 0 Å². The third kappa shape index (κ3) is 3.35. The predicted molar refractivity (Wildman–Crippen MR) is 42.1 cm³/mol. The maximum Gasteiger partial charge on any atom is 0.0700 e. The van der Waals surface area contributed by atoms with Gasteiger partial charge in [0.15, 0.2) is 0 Å². The zero-order chi connectivity index (χ0) is 7.94. The largest absolute Gasteiger partial charge is 0.377 e. The molecule has 62 valence electrons. The molecule has 0 radical (unpaired) electrons. The second kappa shape index (κ2) is 5.11. The molecule has 1 saturated heterocycles. The molecule has 0 amide bonds. The standard InChI is InChI=1S/C8H14N2O/c9-4-2-5-10-7-8-3-1-6-11-8/h8,10H,1-3,5-7H2/t8-/m0/s1.